The standard InChI is InChI=1S/C25H33N3O3/c1-28-17-7-10-21(24(28)19-12-14-22(31-2)15-13-19)18-27-23(29)11-6-16-26-25(30)20-8-4-3-5-9-20/h3-5,8-9,12-15,21,24H,6-7,10-11,16-18H2,1-2H3,(H,26,30)(H,27,29). The summed E-state index contributed by atoms with van der Waals surface area (Å²) in [5.74, 6) is 1.16. The van der Waals surface area contributed by atoms with Gasteiger partial charge in [0.15, 0.2) is 0 Å². The van der Waals surface area contributed by atoms with E-state index < -0.39 is 0 Å². The zero-order valence-electron chi connectivity index (χ0n) is 18.5. The normalized spacial score (nSPS) is 18.9. The van der Waals surface area contributed by atoms with E-state index in [1.807, 2.05) is 30.3 Å². The van der Waals surface area contributed by atoms with E-state index in [9.17, 15) is 9.59 Å². The maximum atomic E-state index is 12.4. The molecule has 166 valence electrons. The average Bonchev–Trinajstić information content (AvgIpc) is 2.81. The van der Waals surface area contributed by atoms with Crippen LogP contribution < -0.4 is 15.4 Å². The van der Waals surface area contributed by atoms with Gasteiger partial charge >= 0.3 is 0 Å². The van der Waals surface area contributed by atoms with Crippen molar-refractivity contribution in [1.82, 2.24) is 15.5 Å². The lowest BCUT2D eigenvalue weighted by molar-refractivity contribution is -0.121. The first kappa shape index (κ1) is 22.8. The van der Waals surface area contributed by atoms with Crippen molar-refractivity contribution < 1.29 is 14.3 Å². The van der Waals surface area contributed by atoms with Crippen LogP contribution in [0, 0.1) is 5.92 Å². The Kier molecular flexibility index (Phi) is 8.47. The fourth-order valence-electron chi connectivity index (χ4n) is 4.28. The van der Waals surface area contributed by atoms with Gasteiger partial charge in [0.05, 0.1) is 7.11 Å². The van der Waals surface area contributed by atoms with Gasteiger partial charge in [-0.05, 0) is 68.6 Å². The number of nitrogens with zero attached hydrogens (tertiary/aromatic N) is 1. The highest BCUT2D eigenvalue weighted by Gasteiger charge is 2.30. The molecule has 2 aromatic carbocycles. The molecule has 2 aromatic rings. The van der Waals surface area contributed by atoms with Crippen molar-refractivity contribution in [3.05, 3.63) is 65.7 Å². The van der Waals surface area contributed by atoms with E-state index >= 15 is 0 Å². The molecule has 1 heterocycles. The van der Waals surface area contributed by atoms with Gasteiger partial charge < -0.3 is 15.4 Å². The van der Waals surface area contributed by atoms with Crippen LogP contribution in [0.3, 0.4) is 0 Å². The molecule has 2 N–H and O–H groups in total. The van der Waals surface area contributed by atoms with Gasteiger partial charge in [-0.15, -0.1) is 0 Å². The fourth-order valence-corrected chi connectivity index (χ4v) is 4.28. The third-order valence-corrected chi connectivity index (χ3v) is 5.93. The number of methoxy groups -OCH3 is 1. The van der Waals surface area contributed by atoms with Crippen molar-refractivity contribution >= 4 is 11.8 Å². The molecule has 0 aliphatic carbocycles. The summed E-state index contributed by atoms with van der Waals surface area (Å²) in [5, 5.41) is 5.98. The Morgan fingerprint density at radius 3 is 2.52 bits per heavy atom. The largest absolute Gasteiger partial charge is 0.497 e. The van der Waals surface area contributed by atoms with Crippen LogP contribution in [0.1, 0.15) is 47.6 Å². The van der Waals surface area contributed by atoms with Crippen LogP contribution in [0.15, 0.2) is 54.6 Å². The van der Waals surface area contributed by atoms with Crippen LogP contribution in [-0.2, 0) is 4.79 Å². The monoisotopic (exact) mass is 423 g/mol. The fraction of sp³-hybridized carbons (Fsp3) is 0.440. The second kappa shape index (κ2) is 11.5. The lowest BCUT2D eigenvalue weighted by Gasteiger charge is -2.39. The van der Waals surface area contributed by atoms with Crippen LogP contribution in [0.2, 0.25) is 0 Å². The second-order valence-electron chi connectivity index (χ2n) is 8.13. The van der Waals surface area contributed by atoms with E-state index in [-0.39, 0.29) is 17.9 Å². The molecule has 1 aliphatic rings. The summed E-state index contributed by atoms with van der Waals surface area (Å²) in [7, 11) is 3.82. The number of hydrogen-bond donors (Lipinski definition) is 2. The minimum atomic E-state index is -0.103. The predicted molar refractivity (Wildman–Crippen MR) is 122 cm³/mol. The van der Waals surface area contributed by atoms with Crippen molar-refractivity contribution in [1.29, 1.82) is 0 Å². The van der Waals surface area contributed by atoms with Crippen LogP contribution >= 0.6 is 0 Å². The zero-order valence-corrected chi connectivity index (χ0v) is 18.5. The SMILES string of the molecule is COc1ccc(C2C(CNC(=O)CCCNC(=O)c3ccccc3)CCCN2C)cc1. The third kappa shape index (κ3) is 6.56. The Balaban J connectivity index is 1.43. The molecule has 1 fully saturated rings. The van der Waals surface area contributed by atoms with E-state index in [2.05, 4.69) is 34.7 Å². The van der Waals surface area contributed by atoms with E-state index in [1.165, 1.54) is 5.56 Å². The van der Waals surface area contributed by atoms with E-state index in [4.69, 9.17) is 4.74 Å². The Morgan fingerprint density at radius 2 is 1.81 bits per heavy atom. The molecule has 6 heteroatoms. The van der Waals surface area contributed by atoms with E-state index in [1.54, 1.807) is 19.2 Å². The van der Waals surface area contributed by atoms with Crippen LogP contribution in [0.5, 0.6) is 5.75 Å². The van der Waals surface area contributed by atoms with Gasteiger partial charge in [-0.1, -0.05) is 30.3 Å². The van der Waals surface area contributed by atoms with Gasteiger partial charge in [0.25, 0.3) is 5.91 Å². The van der Waals surface area contributed by atoms with Crippen LogP contribution in [0.4, 0.5) is 0 Å². The highest BCUT2D eigenvalue weighted by atomic mass is 16.5. The van der Waals surface area contributed by atoms with Crippen LogP contribution in [0.25, 0.3) is 0 Å². The van der Waals surface area contributed by atoms with Gasteiger partial charge in [-0.25, -0.2) is 0 Å². The molecule has 1 aliphatic heterocycles. The zero-order chi connectivity index (χ0) is 22.1. The topological polar surface area (TPSA) is 70.7 Å². The molecule has 0 spiro atoms. The van der Waals surface area contributed by atoms with Crippen molar-refractivity contribution in [3.63, 3.8) is 0 Å². The molecular formula is C25H33N3O3. The quantitative estimate of drug-likeness (QED) is 0.607. The van der Waals surface area contributed by atoms with Gasteiger partial charge in [-0.2, -0.15) is 0 Å². The molecule has 0 aromatic heterocycles. The first-order valence-corrected chi connectivity index (χ1v) is 11.0. The molecule has 6 nitrogen and oxygen atoms in total. The molecule has 31 heavy (non-hydrogen) atoms. The van der Waals surface area contributed by atoms with Crippen molar-refractivity contribution in [3.8, 4) is 5.75 Å². The lowest BCUT2D eigenvalue weighted by Crippen LogP contribution is -2.41. The molecule has 0 saturated carbocycles. The third-order valence-electron chi connectivity index (χ3n) is 5.93. The van der Waals surface area contributed by atoms with Gasteiger partial charge in [-0.3, -0.25) is 14.5 Å². The highest BCUT2D eigenvalue weighted by molar-refractivity contribution is 5.94. The number of likely N-dealkylation sites (tertiary alicyclic amines) is 1. The van der Waals surface area contributed by atoms with Gasteiger partial charge in [0, 0.05) is 31.1 Å². The second-order valence-corrected chi connectivity index (χ2v) is 8.13. The maximum absolute atomic E-state index is 12.4. The van der Waals surface area contributed by atoms with Crippen LogP contribution in [-0.4, -0.2) is 50.5 Å². The molecule has 2 atom stereocenters. The van der Waals surface area contributed by atoms with Crippen molar-refractivity contribution in [2.75, 3.05) is 33.8 Å². The number of nitrogens with one attached hydrogen (secondary N) is 2. The van der Waals surface area contributed by atoms with Gasteiger partial charge in [0.2, 0.25) is 5.91 Å². The minimum absolute atomic E-state index is 0.0377. The van der Waals surface area contributed by atoms with E-state index in [0.29, 0.717) is 37.4 Å². The summed E-state index contributed by atoms with van der Waals surface area (Å²) in [6, 6.07) is 17.6. The molecule has 0 radical (unpaired) electrons. The Morgan fingerprint density at radius 1 is 1.06 bits per heavy atom. The maximum Gasteiger partial charge on any atom is 0.251 e. The number of benzene rings is 2. The summed E-state index contributed by atoms with van der Waals surface area (Å²) in [6.45, 7) is 2.21. The smallest absolute Gasteiger partial charge is 0.251 e. The lowest BCUT2D eigenvalue weighted by atomic mass is 9.85. The molecule has 0 bridgehead atoms. The Hall–Kier alpha value is -2.86. The number of rotatable bonds is 9. The highest BCUT2D eigenvalue weighted by Crippen LogP contribution is 2.35. The molecule has 1 saturated heterocycles. The predicted octanol–water partition coefficient (Wildman–Crippen LogP) is 3.40. The molecular weight excluding hydrogens is 390 g/mol. The number of carbonyl (C=O) groups is 2. The number of carbonyl (C=O) groups excluding carboxylic acids is 2. The van der Waals surface area contributed by atoms with Crippen molar-refractivity contribution in [2.45, 2.75) is 31.7 Å². The number of piperidine rings is 1. The molecule has 2 unspecified atom stereocenters. The Bertz CT molecular complexity index is 839. The number of ether oxygens (including phenoxy) is 1. The summed E-state index contributed by atoms with van der Waals surface area (Å²) in [4.78, 5) is 26.8. The summed E-state index contributed by atoms with van der Waals surface area (Å²) < 4.78 is 5.28. The first-order chi connectivity index (χ1) is 15.1. The number of amides is 2. The average molecular weight is 424 g/mol. The summed E-state index contributed by atoms with van der Waals surface area (Å²) >= 11 is 0. The first-order valence-electron chi connectivity index (χ1n) is 11.0. The summed E-state index contributed by atoms with van der Waals surface area (Å²) in [6.07, 6.45) is 3.26. The Labute approximate surface area is 185 Å². The number of hydrogen-bond acceptors (Lipinski definition) is 4. The molecule has 3 rings (SSSR count). The minimum Gasteiger partial charge on any atom is -0.497 e. The summed E-state index contributed by atoms with van der Waals surface area (Å²) in [5.41, 5.74) is 1.89. The van der Waals surface area contributed by atoms with Crippen molar-refractivity contribution in [2.24, 2.45) is 5.92 Å². The van der Waals surface area contributed by atoms with Gasteiger partial charge in [0.1, 0.15) is 5.75 Å². The van der Waals surface area contributed by atoms with E-state index in [0.717, 1.165) is 25.1 Å². The molecule has 2 amide bonds.